The Labute approximate surface area is 166 Å². The average Bonchev–Trinajstić information content (AvgIpc) is 2.72. The Morgan fingerprint density at radius 2 is 1.89 bits per heavy atom. The average molecular weight is 378 g/mol. The van der Waals surface area contributed by atoms with Gasteiger partial charge in [-0.15, -0.1) is 0 Å². The van der Waals surface area contributed by atoms with Gasteiger partial charge in [0, 0.05) is 6.54 Å². The van der Waals surface area contributed by atoms with Crippen molar-refractivity contribution in [3.63, 3.8) is 0 Å². The lowest BCUT2D eigenvalue weighted by Crippen LogP contribution is -2.26. The number of carbonyl (C=O) groups excluding carboxylic acids is 1. The molecule has 28 heavy (non-hydrogen) atoms. The van der Waals surface area contributed by atoms with Crippen LogP contribution in [0, 0.1) is 11.3 Å². The van der Waals surface area contributed by atoms with Crippen molar-refractivity contribution in [3.8, 4) is 17.6 Å². The number of amides is 1. The van der Waals surface area contributed by atoms with E-state index in [0.717, 1.165) is 12.0 Å². The van der Waals surface area contributed by atoms with Crippen LogP contribution in [-0.2, 0) is 11.2 Å². The highest BCUT2D eigenvalue weighted by molar-refractivity contribution is 6.01. The zero-order chi connectivity index (χ0) is 20.2. The molecule has 1 N–H and O–H groups in total. The maximum absolute atomic E-state index is 12.3. The van der Waals surface area contributed by atoms with Gasteiger partial charge >= 0.3 is 0 Å². The second kappa shape index (κ2) is 11.5. The molecule has 5 heteroatoms. The van der Waals surface area contributed by atoms with E-state index in [1.165, 1.54) is 0 Å². The maximum atomic E-state index is 12.3. The van der Waals surface area contributed by atoms with E-state index in [0.29, 0.717) is 43.2 Å². The smallest absolute Gasteiger partial charge is 0.261 e. The van der Waals surface area contributed by atoms with Crippen molar-refractivity contribution in [2.75, 3.05) is 19.8 Å². The van der Waals surface area contributed by atoms with Crippen LogP contribution in [0.1, 0.15) is 31.4 Å². The van der Waals surface area contributed by atoms with Gasteiger partial charge in [0.2, 0.25) is 0 Å². The first-order valence-corrected chi connectivity index (χ1v) is 9.51. The Morgan fingerprint density at radius 3 is 2.57 bits per heavy atom. The Hall–Kier alpha value is -3.26. The lowest BCUT2D eigenvalue weighted by atomic mass is 10.1. The lowest BCUT2D eigenvalue weighted by Gasteiger charge is -2.12. The Bertz CT molecular complexity index is 839. The third kappa shape index (κ3) is 6.48. The van der Waals surface area contributed by atoms with Crippen LogP contribution in [0.15, 0.2) is 54.1 Å². The molecule has 0 aliphatic carbocycles. The predicted octanol–water partition coefficient (Wildman–Crippen LogP) is 4.14. The SMILES string of the molecule is CCCOc1ccc(C=C(C#N)C(=O)NCCc2ccccc2)cc1OCC. The highest BCUT2D eigenvalue weighted by Crippen LogP contribution is 2.29. The van der Waals surface area contributed by atoms with Gasteiger partial charge < -0.3 is 14.8 Å². The van der Waals surface area contributed by atoms with E-state index in [1.54, 1.807) is 18.2 Å². The van der Waals surface area contributed by atoms with Crippen molar-refractivity contribution < 1.29 is 14.3 Å². The fraction of sp³-hybridized carbons (Fsp3) is 0.304. The predicted molar refractivity (Wildman–Crippen MR) is 110 cm³/mol. The van der Waals surface area contributed by atoms with Gasteiger partial charge in [0.15, 0.2) is 11.5 Å². The molecule has 0 saturated heterocycles. The van der Waals surface area contributed by atoms with Crippen molar-refractivity contribution in [2.24, 2.45) is 0 Å². The molecule has 0 aromatic heterocycles. The van der Waals surface area contributed by atoms with E-state index >= 15 is 0 Å². The standard InChI is InChI=1S/C23H26N2O3/c1-3-14-28-21-11-10-19(16-22(21)27-4-2)15-20(17-24)23(26)25-13-12-18-8-6-5-7-9-18/h5-11,15-16H,3-4,12-14H2,1-2H3,(H,25,26). The summed E-state index contributed by atoms with van der Waals surface area (Å²) in [6.45, 7) is 5.50. The third-order valence-corrected chi connectivity index (χ3v) is 3.95. The monoisotopic (exact) mass is 378 g/mol. The van der Waals surface area contributed by atoms with Crippen LogP contribution in [0.4, 0.5) is 0 Å². The van der Waals surface area contributed by atoms with Gasteiger partial charge in [0.1, 0.15) is 11.6 Å². The van der Waals surface area contributed by atoms with Gasteiger partial charge in [0.05, 0.1) is 13.2 Å². The van der Waals surface area contributed by atoms with Crippen LogP contribution >= 0.6 is 0 Å². The minimum absolute atomic E-state index is 0.0535. The van der Waals surface area contributed by atoms with Crippen LogP contribution in [0.3, 0.4) is 0 Å². The highest BCUT2D eigenvalue weighted by Gasteiger charge is 2.11. The molecule has 1 amide bonds. The first kappa shape index (κ1) is 21.0. The van der Waals surface area contributed by atoms with E-state index in [4.69, 9.17) is 9.47 Å². The Morgan fingerprint density at radius 1 is 1.11 bits per heavy atom. The molecule has 0 aliphatic heterocycles. The quantitative estimate of drug-likeness (QED) is 0.498. The second-order valence-corrected chi connectivity index (χ2v) is 6.15. The number of hydrogen-bond acceptors (Lipinski definition) is 4. The summed E-state index contributed by atoms with van der Waals surface area (Å²) in [6, 6.07) is 17.2. The number of carbonyl (C=O) groups is 1. The van der Waals surface area contributed by atoms with Crippen LogP contribution in [0.25, 0.3) is 6.08 Å². The molecule has 0 radical (unpaired) electrons. The number of nitrogens with zero attached hydrogens (tertiary/aromatic N) is 1. The molecule has 5 nitrogen and oxygen atoms in total. The molecule has 2 aromatic rings. The fourth-order valence-electron chi connectivity index (χ4n) is 2.59. The van der Waals surface area contributed by atoms with E-state index in [9.17, 15) is 10.1 Å². The van der Waals surface area contributed by atoms with Gasteiger partial charge in [0.25, 0.3) is 5.91 Å². The van der Waals surface area contributed by atoms with E-state index in [1.807, 2.05) is 56.3 Å². The van der Waals surface area contributed by atoms with Crippen LogP contribution in [0.2, 0.25) is 0 Å². The summed E-state index contributed by atoms with van der Waals surface area (Å²) < 4.78 is 11.3. The second-order valence-electron chi connectivity index (χ2n) is 6.15. The van der Waals surface area contributed by atoms with Crippen LogP contribution in [-0.4, -0.2) is 25.7 Å². The lowest BCUT2D eigenvalue weighted by molar-refractivity contribution is -0.117. The molecule has 0 unspecified atom stereocenters. The van der Waals surface area contributed by atoms with Crippen molar-refractivity contribution in [2.45, 2.75) is 26.7 Å². The highest BCUT2D eigenvalue weighted by atomic mass is 16.5. The summed E-state index contributed by atoms with van der Waals surface area (Å²) in [7, 11) is 0. The summed E-state index contributed by atoms with van der Waals surface area (Å²) in [6.07, 6.45) is 3.17. The molecule has 0 saturated carbocycles. The summed E-state index contributed by atoms with van der Waals surface area (Å²) in [5.41, 5.74) is 1.90. The van der Waals surface area contributed by atoms with Gasteiger partial charge in [-0.1, -0.05) is 43.3 Å². The van der Waals surface area contributed by atoms with Crippen molar-refractivity contribution in [1.29, 1.82) is 5.26 Å². The summed E-state index contributed by atoms with van der Waals surface area (Å²) in [5.74, 6) is 0.876. The summed E-state index contributed by atoms with van der Waals surface area (Å²) >= 11 is 0. The Balaban J connectivity index is 2.06. The molecule has 0 atom stereocenters. The van der Waals surface area contributed by atoms with E-state index in [2.05, 4.69) is 5.32 Å². The van der Waals surface area contributed by atoms with Gasteiger partial charge in [-0.2, -0.15) is 5.26 Å². The van der Waals surface area contributed by atoms with Crippen LogP contribution in [0.5, 0.6) is 11.5 Å². The summed E-state index contributed by atoms with van der Waals surface area (Å²) in [5, 5.41) is 12.2. The number of benzene rings is 2. The molecule has 2 aromatic carbocycles. The first-order valence-electron chi connectivity index (χ1n) is 9.51. The van der Waals surface area contributed by atoms with E-state index < -0.39 is 0 Å². The largest absolute Gasteiger partial charge is 0.490 e. The molecular formula is C23H26N2O3. The number of nitriles is 1. The van der Waals surface area contributed by atoms with Crippen molar-refractivity contribution in [3.05, 3.63) is 65.2 Å². The molecule has 0 heterocycles. The molecule has 146 valence electrons. The van der Waals surface area contributed by atoms with Crippen molar-refractivity contribution >= 4 is 12.0 Å². The molecule has 0 bridgehead atoms. The number of hydrogen-bond donors (Lipinski definition) is 1. The molecular weight excluding hydrogens is 352 g/mol. The fourth-order valence-corrected chi connectivity index (χ4v) is 2.59. The van der Waals surface area contributed by atoms with Crippen molar-refractivity contribution in [1.82, 2.24) is 5.32 Å². The number of ether oxygens (including phenoxy) is 2. The van der Waals surface area contributed by atoms with E-state index in [-0.39, 0.29) is 11.5 Å². The Kier molecular flexibility index (Phi) is 8.61. The van der Waals surface area contributed by atoms with Gasteiger partial charge in [-0.3, -0.25) is 4.79 Å². The van der Waals surface area contributed by atoms with Crippen LogP contribution < -0.4 is 14.8 Å². The number of rotatable bonds is 10. The summed E-state index contributed by atoms with van der Waals surface area (Å²) in [4.78, 5) is 12.3. The first-order chi connectivity index (χ1) is 13.7. The molecule has 0 spiro atoms. The molecule has 0 aliphatic rings. The molecule has 2 rings (SSSR count). The van der Waals surface area contributed by atoms with Gasteiger partial charge in [-0.25, -0.2) is 0 Å². The minimum atomic E-state index is -0.386. The maximum Gasteiger partial charge on any atom is 0.261 e. The molecule has 0 fully saturated rings. The zero-order valence-corrected chi connectivity index (χ0v) is 16.4. The topological polar surface area (TPSA) is 71.3 Å². The minimum Gasteiger partial charge on any atom is -0.490 e. The number of nitrogens with one attached hydrogen (secondary N) is 1. The van der Waals surface area contributed by atoms with Gasteiger partial charge in [-0.05, 0) is 49.1 Å². The normalized spacial score (nSPS) is 10.8. The third-order valence-electron chi connectivity index (χ3n) is 3.95. The zero-order valence-electron chi connectivity index (χ0n) is 16.4.